The van der Waals surface area contributed by atoms with Gasteiger partial charge >= 0.3 is 0 Å². The molecule has 0 spiro atoms. The molecular weight excluding hydrogens is 268 g/mol. The zero-order valence-corrected chi connectivity index (χ0v) is 11.3. The highest BCUT2D eigenvalue weighted by molar-refractivity contribution is 5.93. The molecule has 1 fully saturated rings. The Balaban J connectivity index is 1.67. The summed E-state index contributed by atoms with van der Waals surface area (Å²) in [5.74, 6) is -0.238. The van der Waals surface area contributed by atoms with Crippen LogP contribution in [0.3, 0.4) is 0 Å². The third-order valence-corrected chi connectivity index (χ3v) is 3.42. The van der Waals surface area contributed by atoms with Crippen molar-refractivity contribution in [3.8, 4) is 17.6 Å². The molecule has 1 amide bonds. The van der Waals surface area contributed by atoms with Crippen LogP contribution in [0.5, 0.6) is 0 Å². The molecule has 2 N–H and O–H groups in total. The number of hydrogen-bond acceptors (Lipinski definition) is 5. The van der Waals surface area contributed by atoms with Crippen molar-refractivity contribution >= 4 is 5.91 Å². The molecule has 1 aliphatic rings. The van der Waals surface area contributed by atoms with E-state index in [1.54, 1.807) is 17.2 Å². The fourth-order valence-electron chi connectivity index (χ4n) is 2.32. The average molecular weight is 282 g/mol. The molecule has 0 bridgehead atoms. The second kappa shape index (κ2) is 5.63. The summed E-state index contributed by atoms with van der Waals surface area (Å²) in [5, 5.41) is 18.5. The lowest BCUT2D eigenvalue weighted by molar-refractivity contribution is 0.0933. The van der Waals surface area contributed by atoms with Gasteiger partial charge in [0, 0.05) is 25.3 Å². The number of nitrogens with zero attached hydrogens (tertiary/aromatic N) is 4. The van der Waals surface area contributed by atoms with E-state index in [2.05, 4.69) is 26.7 Å². The maximum Gasteiger partial charge on any atom is 0.272 e. The minimum Gasteiger partial charge on any atom is -0.346 e. The van der Waals surface area contributed by atoms with E-state index < -0.39 is 0 Å². The Bertz CT molecular complexity index is 674. The Hall–Kier alpha value is -2.88. The minimum absolute atomic E-state index is 0.00727. The van der Waals surface area contributed by atoms with Crippen LogP contribution in [0.15, 0.2) is 30.5 Å². The number of rotatable bonds is 3. The smallest absolute Gasteiger partial charge is 0.272 e. The Kier molecular flexibility index (Phi) is 3.51. The van der Waals surface area contributed by atoms with Crippen molar-refractivity contribution in [2.24, 2.45) is 0 Å². The highest BCUT2D eigenvalue weighted by atomic mass is 16.2. The number of hydrogen-bond donors (Lipinski definition) is 2. The molecule has 0 radical (unpaired) electrons. The Labute approximate surface area is 121 Å². The summed E-state index contributed by atoms with van der Waals surface area (Å²) in [7, 11) is 0. The molecule has 7 heteroatoms. The van der Waals surface area contributed by atoms with E-state index in [1.807, 2.05) is 18.2 Å². The molecule has 0 aliphatic carbocycles. The molecule has 0 aromatic carbocycles. The molecule has 0 saturated carbocycles. The van der Waals surface area contributed by atoms with Crippen molar-refractivity contribution in [2.45, 2.75) is 12.5 Å². The van der Waals surface area contributed by atoms with E-state index in [9.17, 15) is 4.79 Å². The fraction of sp³-hybridized carbons (Fsp3) is 0.286. The lowest BCUT2D eigenvalue weighted by Gasteiger charge is -2.10. The zero-order chi connectivity index (χ0) is 14.7. The topological polar surface area (TPSA) is 97.7 Å². The van der Waals surface area contributed by atoms with Crippen molar-refractivity contribution in [3.05, 3.63) is 36.2 Å². The first-order chi connectivity index (χ1) is 10.3. The third kappa shape index (κ3) is 2.84. The normalized spacial score (nSPS) is 17.5. The van der Waals surface area contributed by atoms with Crippen molar-refractivity contribution in [3.63, 3.8) is 0 Å². The van der Waals surface area contributed by atoms with Gasteiger partial charge in [0.1, 0.15) is 0 Å². The van der Waals surface area contributed by atoms with Gasteiger partial charge in [-0.1, -0.05) is 6.07 Å². The first-order valence-corrected chi connectivity index (χ1v) is 6.68. The third-order valence-electron chi connectivity index (χ3n) is 3.42. The number of nitrogens with one attached hydrogen (secondary N) is 2. The van der Waals surface area contributed by atoms with Crippen molar-refractivity contribution in [2.75, 3.05) is 13.1 Å². The number of likely N-dealkylation sites (tertiary alicyclic amines) is 1. The molecule has 0 unspecified atom stereocenters. The SMILES string of the molecule is N#CN1CC[C@@H](NC(=O)c2cc(-c3ccccn3)[nH]n2)C1. The highest BCUT2D eigenvalue weighted by Crippen LogP contribution is 2.15. The highest BCUT2D eigenvalue weighted by Gasteiger charge is 2.24. The maximum absolute atomic E-state index is 12.1. The van der Waals surface area contributed by atoms with E-state index in [-0.39, 0.29) is 11.9 Å². The summed E-state index contributed by atoms with van der Waals surface area (Å²) in [6.07, 6.45) is 4.54. The Morgan fingerprint density at radius 3 is 3.14 bits per heavy atom. The number of carbonyl (C=O) groups is 1. The van der Waals surface area contributed by atoms with Gasteiger partial charge in [0.05, 0.1) is 11.4 Å². The predicted octanol–water partition coefficient (Wildman–Crippen LogP) is 0.757. The van der Waals surface area contributed by atoms with Gasteiger partial charge in [-0.05, 0) is 24.6 Å². The molecule has 21 heavy (non-hydrogen) atoms. The van der Waals surface area contributed by atoms with Crippen LogP contribution in [0, 0.1) is 11.5 Å². The molecule has 106 valence electrons. The predicted molar refractivity (Wildman–Crippen MR) is 74.9 cm³/mol. The largest absolute Gasteiger partial charge is 0.346 e. The van der Waals surface area contributed by atoms with Crippen LogP contribution in [0.4, 0.5) is 0 Å². The number of carbonyl (C=O) groups excluding carboxylic acids is 1. The van der Waals surface area contributed by atoms with Gasteiger partial charge in [0.15, 0.2) is 11.9 Å². The number of H-pyrrole nitrogens is 1. The minimum atomic E-state index is -0.238. The van der Waals surface area contributed by atoms with Gasteiger partial charge in [0.25, 0.3) is 5.91 Å². The second-order valence-electron chi connectivity index (χ2n) is 4.89. The zero-order valence-electron chi connectivity index (χ0n) is 11.3. The van der Waals surface area contributed by atoms with Crippen LogP contribution in [-0.4, -0.2) is 45.1 Å². The quantitative estimate of drug-likeness (QED) is 0.810. The fourth-order valence-corrected chi connectivity index (χ4v) is 2.32. The van der Waals surface area contributed by atoms with E-state index in [0.717, 1.165) is 12.1 Å². The average Bonchev–Trinajstić information content (AvgIpc) is 3.17. The van der Waals surface area contributed by atoms with Crippen LogP contribution in [0.25, 0.3) is 11.4 Å². The Morgan fingerprint density at radius 1 is 1.52 bits per heavy atom. The molecule has 2 aromatic heterocycles. The summed E-state index contributed by atoms with van der Waals surface area (Å²) < 4.78 is 0. The molecule has 1 atom stereocenters. The number of amides is 1. The lowest BCUT2D eigenvalue weighted by atomic mass is 10.2. The first kappa shape index (κ1) is 13.1. The molecule has 3 rings (SSSR count). The van der Waals surface area contributed by atoms with Gasteiger partial charge < -0.3 is 10.2 Å². The lowest BCUT2D eigenvalue weighted by Crippen LogP contribution is -2.36. The number of aromatic amines is 1. The standard InChI is InChI=1S/C14H14N6O/c15-9-20-6-4-10(8-20)17-14(21)13-7-12(18-19-13)11-3-1-2-5-16-11/h1-3,5,7,10H,4,6,8H2,(H,17,21)(H,18,19)/t10-/m1/s1. The number of pyridine rings is 1. The summed E-state index contributed by atoms with van der Waals surface area (Å²) in [6.45, 7) is 1.24. The van der Waals surface area contributed by atoms with Crippen LogP contribution < -0.4 is 5.32 Å². The molecule has 3 heterocycles. The second-order valence-corrected chi connectivity index (χ2v) is 4.89. The monoisotopic (exact) mass is 282 g/mol. The van der Waals surface area contributed by atoms with Crippen LogP contribution in [0.1, 0.15) is 16.9 Å². The van der Waals surface area contributed by atoms with Crippen LogP contribution in [0.2, 0.25) is 0 Å². The van der Waals surface area contributed by atoms with Crippen LogP contribution in [-0.2, 0) is 0 Å². The number of aromatic nitrogens is 3. The van der Waals surface area contributed by atoms with E-state index in [4.69, 9.17) is 5.26 Å². The first-order valence-electron chi connectivity index (χ1n) is 6.68. The summed E-state index contributed by atoms with van der Waals surface area (Å²) in [4.78, 5) is 18.0. The van der Waals surface area contributed by atoms with E-state index in [1.165, 1.54) is 0 Å². The summed E-state index contributed by atoms with van der Waals surface area (Å²) in [5.41, 5.74) is 1.76. The maximum atomic E-state index is 12.1. The van der Waals surface area contributed by atoms with Crippen molar-refractivity contribution < 1.29 is 4.79 Å². The molecule has 2 aromatic rings. The van der Waals surface area contributed by atoms with Crippen molar-refractivity contribution in [1.29, 1.82) is 5.26 Å². The van der Waals surface area contributed by atoms with Crippen LogP contribution >= 0.6 is 0 Å². The van der Waals surface area contributed by atoms with E-state index in [0.29, 0.717) is 24.5 Å². The van der Waals surface area contributed by atoms with Gasteiger partial charge in [-0.2, -0.15) is 10.4 Å². The van der Waals surface area contributed by atoms with Gasteiger partial charge in [0.2, 0.25) is 0 Å². The van der Waals surface area contributed by atoms with Gasteiger partial charge in [-0.3, -0.25) is 14.9 Å². The van der Waals surface area contributed by atoms with Gasteiger partial charge in [-0.15, -0.1) is 0 Å². The molecular formula is C14H14N6O. The molecule has 1 saturated heterocycles. The van der Waals surface area contributed by atoms with Crippen molar-refractivity contribution in [1.82, 2.24) is 25.4 Å². The Morgan fingerprint density at radius 2 is 2.43 bits per heavy atom. The van der Waals surface area contributed by atoms with Gasteiger partial charge in [-0.25, -0.2) is 0 Å². The molecule has 1 aliphatic heterocycles. The molecule has 7 nitrogen and oxygen atoms in total. The number of nitriles is 1. The van der Waals surface area contributed by atoms with E-state index >= 15 is 0 Å². The summed E-state index contributed by atoms with van der Waals surface area (Å²) >= 11 is 0. The summed E-state index contributed by atoms with van der Waals surface area (Å²) in [6, 6.07) is 7.21.